The van der Waals surface area contributed by atoms with Gasteiger partial charge in [-0.3, -0.25) is 4.79 Å². The third kappa shape index (κ3) is 5.08. The third-order valence-electron chi connectivity index (χ3n) is 4.17. The Kier molecular flexibility index (Phi) is 6.08. The first-order valence-corrected chi connectivity index (χ1v) is 10.3. The molecule has 0 saturated carbocycles. The minimum Gasteiger partial charge on any atom is -0.481 e. The molecule has 0 aliphatic carbocycles. The quantitative estimate of drug-likeness (QED) is 0.840. The van der Waals surface area contributed by atoms with Gasteiger partial charge in [0.15, 0.2) is 15.9 Å². The fraction of sp³-hybridized carbons (Fsp3) is 0.350. The molecule has 0 heterocycles. The highest BCUT2D eigenvalue weighted by Gasteiger charge is 2.19. The predicted octanol–water partition coefficient (Wildman–Crippen LogP) is 3.35. The molecule has 2 aromatic carbocycles. The number of hydrogen-bond donors (Lipinski definition) is 1. The average molecular weight is 375 g/mol. The highest BCUT2D eigenvalue weighted by Crippen LogP contribution is 2.21. The van der Waals surface area contributed by atoms with Crippen LogP contribution in [-0.4, -0.2) is 26.7 Å². The lowest BCUT2D eigenvalue weighted by molar-refractivity contribution is -0.127. The molecule has 6 heteroatoms. The number of ether oxygens (including phenoxy) is 1. The summed E-state index contributed by atoms with van der Waals surface area (Å²) in [6.07, 6.45) is 0.522. The van der Waals surface area contributed by atoms with E-state index in [1.54, 1.807) is 31.2 Å². The molecule has 0 unspecified atom stereocenters. The Morgan fingerprint density at radius 3 is 2.19 bits per heavy atom. The van der Waals surface area contributed by atoms with Crippen LogP contribution >= 0.6 is 0 Å². The maximum absolute atomic E-state index is 12.4. The lowest BCUT2D eigenvalue weighted by Gasteiger charge is -2.20. The Hall–Kier alpha value is -2.34. The van der Waals surface area contributed by atoms with Gasteiger partial charge in [0.2, 0.25) is 0 Å². The van der Waals surface area contributed by atoms with E-state index in [1.165, 1.54) is 6.26 Å². The standard InChI is InChI=1S/C20H25NO4S/c1-13-6-11-19(14(2)12-13)25-16(4)20(22)21-15(3)17-7-9-18(10-8-17)26(5,23)24/h6-12,15-16H,1-5H3,(H,21,22)/t15-,16+/m1/s1. The van der Waals surface area contributed by atoms with Crippen LogP contribution in [0, 0.1) is 13.8 Å². The van der Waals surface area contributed by atoms with Gasteiger partial charge in [-0.2, -0.15) is 0 Å². The van der Waals surface area contributed by atoms with Crippen LogP contribution in [0.1, 0.15) is 36.6 Å². The summed E-state index contributed by atoms with van der Waals surface area (Å²) in [4.78, 5) is 12.7. The fourth-order valence-corrected chi connectivity index (χ4v) is 3.22. The molecule has 0 fully saturated rings. The van der Waals surface area contributed by atoms with Crippen molar-refractivity contribution in [2.24, 2.45) is 0 Å². The summed E-state index contributed by atoms with van der Waals surface area (Å²) >= 11 is 0. The van der Waals surface area contributed by atoms with E-state index < -0.39 is 15.9 Å². The maximum atomic E-state index is 12.4. The van der Waals surface area contributed by atoms with Crippen molar-refractivity contribution >= 4 is 15.7 Å². The zero-order valence-corrected chi connectivity index (χ0v) is 16.6. The molecule has 0 aliphatic rings. The Morgan fingerprint density at radius 2 is 1.65 bits per heavy atom. The van der Waals surface area contributed by atoms with Gasteiger partial charge in [0, 0.05) is 6.26 Å². The first kappa shape index (κ1) is 20.0. The van der Waals surface area contributed by atoms with Gasteiger partial charge in [-0.25, -0.2) is 8.42 Å². The lowest BCUT2D eigenvalue weighted by atomic mass is 10.1. The van der Waals surface area contributed by atoms with E-state index in [0.29, 0.717) is 5.75 Å². The summed E-state index contributed by atoms with van der Waals surface area (Å²) in [7, 11) is -3.23. The maximum Gasteiger partial charge on any atom is 0.261 e. The summed E-state index contributed by atoms with van der Waals surface area (Å²) in [5.74, 6) is 0.452. The molecule has 2 atom stereocenters. The molecule has 2 rings (SSSR count). The second kappa shape index (κ2) is 7.91. The minimum atomic E-state index is -3.23. The zero-order valence-electron chi connectivity index (χ0n) is 15.7. The van der Waals surface area contributed by atoms with Gasteiger partial charge < -0.3 is 10.1 Å². The van der Waals surface area contributed by atoms with Crippen molar-refractivity contribution in [1.82, 2.24) is 5.32 Å². The Balaban J connectivity index is 2.01. The molecule has 0 radical (unpaired) electrons. The number of benzene rings is 2. The Bertz CT molecular complexity index is 889. The van der Waals surface area contributed by atoms with E-state index in [2.05, 4.69) is 5.32 Å². The summed E-state index contributed by atoms with van der Waals surface area (Å²) < 4.78 is 28.8. The fourth-order valence-electron chi connectivity index (χ4n) is 2.59. The van der Waals surface area contributed by atoms with Crippen molar-refractivity contribution in [2.75, 3.05) is 6.26 Å². The van der Waals surface area contributed by atoms with Gasteiger partial charge in [-0.1, -0.05) is 29.8 Å². The zero-order chi connectivity index (χ0) is 19.5. The number of rotatable bonds is 6. The molecule has 0 aliphatic heterocycles. The van der Waals surface area contributed by atoms with Gasteiger partial charge in [0.05, 0.1) is 10.9 Å². The second-order valence-electron chi connectivity index (χ2n) is 6.60. The molecule has 2 aromatic rings. The molecular weight excluding hydrogens is 350 g/mol. The molecule has 0 spiro atoms. The van der Waals surface area contributed by atoms with Crippen molar-refractivity contribution in [1.29, 1.82) is 0 Å². The van der Waals surface area contributed by atoms with Crippen LogP contribution in [0.25, 0.3) is 0 Å². The molecule has 0 aromatic heterocycles. The Labute approximate surface area is 155 Å². The van der Waals surface area contributed by atoms with Crippen LogP contribution in [0.4, 0.5) is 0 Å². The molecular formula is C20H25NO4S. The third-order valence-corrected chi connectivity index (χ3v) is 5.30. The molecule has 1 amide bonds. The van der Waals surface area contributed by atoms with E-state index in [0.717, 1.165) is 16.7 Å². The van der Waals surface area contributed by atoms with Crippen LogP contribution in [0.15, 0.2) is 47.4 Å². The predicted molar refractivity (Wildman–Crippen MR) is 102 cm³/mol. The number of carbonyl (C=O) groups is 1. The van der Waals surface area contributed by atoms with Crippen molar-refractivity contribution < 1.29 is 17.9 Å². The monoisotopic (exact) mass is 375 g/mol. The second-order valence-corrected chi connectivity index (χ2v) is 8.62. The van der Waals surface area contributed by atoms with E-state index in [1.807, 2.05) is 39.0 Å². The molecule has 26 heavy (non-hydrogen) atoms. The first-order valence-electron chi connectivity index (χ1n) is 8.42. The van der Waals surface area contributed by atoms with E-state index in [-0.39, 0.29) is 16.8 Å². The molecule has 0 saturated heterocycles. The van der Waals surface area contributed by atoms with Crippen LogP contribution in [0.2, 0.25) is 0 Å². The van der Waals surface area contributed by atoms with Crippen LogP contribution in [0.3, 0.4) is 0 Å². The van der Waals surface area contributed by atoms with Crippen molar-refractivity contribution in [2.45, 2.75) is 44.7 Å². The SMILES string of the molecule is Cc1ccc(O[C@@H](C)C(=O)N[C@H](C)c2ccc(S(C)(=O)=O)cc2)c(C)c1. The van der Waals surface area contributed by atoms with Gasteiger partial charge in [-0.15, -0.1) is 0 Å². The summed E-state index contributed by atoms with van der Waals surface area (Å²) in [6, 6.07) is 12.0. The summed E-state index contributed by atoms with van der Waals surface area (Å²) in [6.45, 7) is 7.49. The number of aryl methyl sites for hydroxylation is 2. The van der Waals surface area contributed by atoms with Crippen molar-refractivity contribution in [3.8, 4) is 5.75 Å². The highest BCUT2D eigenvalue weighted by atomic mass is 32.2. The van der Waals surface area contributed by atoms with Gasteiger partial charge in [0.1, 0.15) is 5.75 Å². The molecule has 140 valence electrons. The number of nitrogens with one attached hydrogen (secondary N) is 1. The van der Waals surface area contributed by atoms with Crippen molar-refractivity contribution in [3.05, 3.63) is 59.2 Å². The molecule has 0 bridgehead atoms. The van der Waals surface area contributed by atoms with Crippen LogP contribution in [0.5, 0.6) is 5.75 Å². The molecule has 1 N–H and O–H groups in total. The van der Waals surface area contributed by atoms with Gasteiger partial charge in [-0.05, 0) is 57.0 Å². The largest absolute Gasteiger partial charge is 0.481 e. The van der Waals surface area contributed by atoms with E-state index in [4.69, 9.17) is 4.74 Å². The summed E-state index contributed by atoms with van der Waals surface area (Å²) in [5, 5.41) is 2.89. The lowest BCUT2D eigenvalue weighted by Crippen LogP contribution is -2.37. The van der Waals surface area contributed by atoms with Crippen LogP contribution < -0.4 is 10.1 Å². The number of carbonyl (C=O) groups excluding carboxylic acids is 1. The van der Waals surface area contributed by atoms with E-state index >= 15 is 0 Å². The number of hydrogen-bond acceptors (Lipinski definition) is 4. The van der Waals surface area contributed by atoms with Gasteiger partial charge >= 0.3 is 0 Å². The topological polar surface area (TPSA) is 72.5 Å². The smallest absolute Gasteiger partial charge is 0.261 e. The number of amides is 1. The first-order chi connectivity index (χ1) is 12.1. The average Bonchev–Trinajstić information content (AvgIpc) is 2.56. The summed E-state index contributed by atoms with van der Waals surface area (Å²) in [5.41, 5.74) is 2.94. The van der Waals surface area contributed by atoms with Gasteiger partial charge in [0.25, 0.3) is 5.91 Å². The van der Waals surface area contributed by atoms with Crippen LogP contribution in [-0.2, 0) is 14.6 Å². The van der Waals surface area contributed by atoms with Crippen molar-refractivity contribution in [3.63, 3.8) is 0 Å². The van der Waals surface area contributed by atoms with E-state index in [9.17, 15) is 13.2 Å². The molecule has 5 nitrogen and oxygen atoms in total. The normalized spacial score (nSPS) is 13.7. The number of sulfone groups is 1. The highest BCUT2D eigenvalue weighted by molar-refractivity contribution is 7.90. The minimum absolute atomic E-state index is 0.232. The Morgan fingerprint density at radius 1 is 1.04 bits per heavy atom.